The first-order chi connectivity index (χ1) is 9.04. The van der Waals surface area contributed by atoms with E-state index in [0.717, 1.165) is 11.6 Å². The van der Waals surface area contributed by atoms with Gasteiger partial charge < -0.3 is 14.6 Å². The topological polar surface area (TPSA) is 55.8 Å². The molecule has 0 atom stereocenters. The second-order valence-corrected chi connectivity index (χ2v) is 4.14. The van der Waals surface area contributed by atoms with Gasteiger partial charge in [-0.2, -0.15) is 0 Å². The molecule has 0 saturated carbocycles. The average Bonchev–Trinajstić information content (AvgIpc) is 2.36. The Morgan fingerprint density at radius 1 is 1.37 bits per heavy atom. The van der Waals surface area contributed by atoms with E-state index in [9.17, 15) is 4.79 Å². The van der Waals surface area contributed by atoms with Crippen LogP contribution in [0.15, 0.2) is 35.9 Å². The Bertz CT molecular complexity index is 497. The second-order valence-electron chi connectivity index (χ2n) is 4.14. The van der Waals surface area contributed by atoms with E-state index < -0.39 is 5.97 Å². The van der Waals surface area contributed by atoms with E-state index in [-0.39, 0.29) is 0 Å². The molecule has 4 heteroatoms. The van der Waals surface area contributed by atoms with Crippen molar-refractivity contribution in [3.8, 4) is 11.5 Å². The van der Waals surface area contributed by atoms with Crippen molar-refractivity contribution in [1.29, 1.82) is 0 Å². The molecule has 0 radical (unpaired) electrons. The number of methoxy groups -OCH3 is 1. The summed E-state index contributed by atoms with van der Waals surface area (Å²) in [6.07, 6.45) is 4.50. The summed E-state index contributed by atoms with van der Waals surface area (Å²) in [7, 11) is 1.55. The fourth-order valence-electron chi connectivity index (χ4n) is 1.43. The lowest BCUT2D eigenvalue weighted by atomic mass is 10.1. The van der Waals surface area contributed by atoms with E-state index in [1.807, 2.05) is 19.9 Å². The molecule has 0 amide bonds. The third-order valence-corrected chi connectivity index (χ3v) is 2.35. The monoisotopic (exact) mass is 262 g/mol. The molecule has 1 rings (SSSR count). The molecular formula is C15H18O4. The van der Waals surface area contributed by atoms with Gasteiger partial charge in [-0.1, -0.05) is 17.7 Å². The zero-order valence-corrected chi connectivity index (χ0v) is 11.3. The van der Waals surface area contributed by atoms with E-state index in [2.05, 4.69) is 0 Å². The minimum atomic E-state index is -1.00. The number of hydrogen-bond acceptors (Lipinski definition) is 3. The summed E-state index contributed by atoms with van der Waals surface area (Å²) < 4.78 is 10.9. The van der Waals surface area contributed by atoms with Gasteiger partial charge >= 0.3 is 5.97 Å². The van der Waals surface area contributed by atoms with Crippen LogP contribution < -0.4 is 9.47 Å². The van der Waals surface area contributed by atoms with E-state index in [1.54, 1.807) is 25.3 Å². The van der Waals surface area contributed by atoms with Crippen LogP contribution in [-0.4, -0.2) is 24.8 Å². The van der Waals surface area contributed by atoms with Crippen LogP contribution in [0.5, 0.6) is 11.5 Å². The summed E-state index contributed by atoms with van der Waals surface area (Å²) in [5.74, 6) is 0.118. The number of hydrogen-bond donors (Lipinski definition) is 1. The minimum absolute atomic E-state index is 0.413. The molecule has 0 aliphatic carbocycles. The highest BCUT2D eigenvalue weighted by Crippen LogP contribution is 2.32. The molecular weight excluding hydrogens is 244 g/mol. The van der Waals surface area contributed by atoms with Crippen molar-refractivity contribution in [2.75, 3.05) is 13.7 Å². The third-order valence-electron chi connectivity index (χ3n) is 2.35. The molecule has 0 aromatic heterocycles. The standard InChI is InChI=1S/C15H18O4/c1-11(2)9-10-19-15-12(7-8-14(16)17)5-4-6-13(15)18-3/h4-9H,10H2,1-3H3,(H,16,17)/b8-7+. The van der Waals surface area contributed by atoms with Crippen LogP contribution in [0.1, 0.15) is 19.4 Å². The average molecular weight is 262 g/mol. The first-order valence-electron chi connectivity index (χ1n) is 5.88. The van der Waals surface area contributed by atoms with Gasteiger partial charge in [0.1, 0.15) is 6.61 Å². The van der Waals surface area contributed by atoms with Gasteiger partial charge in [0.2, 0.25) is 0 Å². The first kappa shape index (κ1) is 14.8. The van der Waals surface area contributed by atoms with Crippen LogP contribution in [0.2, 0.25) is 0 Å². The van der Waals surface area contributed by atoms with Crippen LogP contribution in [0.3, 0.4) is 0 Å². The van der Waals surface area contributed by atoms with E-state index in [0.29, 0.717) is 23.7 Å². The summed E-state index contributed by atoms with van der Waals surface area (Å²) in [6.45, 7) is 4.38. The van der Waals surface area contributed by atoms with Crippen molar-refractivity contribution in [2.45, 2.75) is 13.8 Å². The zero-order valence-electron chi connectivity index (χ0n) is 11.3. The lowest BCUT2D eigenvalue weighted by molar-refractivity contribution is -0.131. The number of benzene rings is 1. The summed E-state index contributed by atoms with van der Waals surface area (Å²) in [4.78, 5) is 10.6. The van der Waals surface area contributed by atoms with Gasteiger partial charge in [-0.3, -0.25) is 0 Å². The summed E-state index contributed by atoms with van der Waals surface area (Å²) in [5.41, 5.74) is 1.82. The van der Waals surface area contributed by atoms with Crippen molar-refractivity contribution in [3.05, 3.63) is 41.5 Å². The molecule has 0 unspecified atom stereocenters. The van der Waals surface area contributed by atoms with Gasteiger partial charge in [0.05, 0.1) is 7.11 Å². The van der Waals surface area contributed by atoms with Crippen LogP contribution in [0.4, 0.5) is 0 Å². The number of para-hydroxylation sites is 1. The quantitative estimate of drug-likeness (QED) is 0.632. The van der Waals surface area contributed by atoms with Crippen molar-refractivity contribution in [3.63, 3.8) is 0 Å². The smallest absolute Gasteiger partial charge is 0.328 e. The number of allylic oxidation sites excluding steroid dienone is 1. The Hall–Kier alpha value is -2.23. The van der Waals surface area contributed by atoms with E-state index in [4.69, 9.17) is 14.6 Å². The molecule has 102 valence electrons. The van der Waals surface area contributed by atoms with Crippen LogP contribution in [-0.2, 0) is 4.79 Å². The Balaban J connectivity index is 3.02. The molecule has 4 nitrogen and oxygen atoms in total. The van der Waals surface area contributed by atoms with Gasteiger partial charge in [-0.25, -0.2) is 4.79 Å². The third kappa shape index (κ3) is 4.87. The Labute approximate surface area is 113 Å². The fraction of sp³-hybridized carbons (Fsp3) is 0.267. The fourth-order valence-corrected chi connectivity index (χ4v) is 1.43. The maximum Gasteiger partial charge on any atom is 0.328 e. The molecule has 0 heterocycles. The Morgan fingerprint density at radius 3 is 2.68 bits per heavy atom. The van der Waals surface area contributed by atoms with Crippen LogP contribution >= 0.6 is 0 Å². The van der Waals surface area contributed by atoms with Gasteiger partial charge in [0, 0.05) is 11.6 Å². The summed E-state index contributed by atoms with van der Waals surface area (Å²) >= 11 is 0. The van der Waals surface area contributed by atoms with Crippen molar-refractivity contribution >= 4 is 12.0 Å². The highest BCUT2D eigenvalue weighted by Gasteiger charge is 2.08. The van der Waals surface area contributed by atoms with Crippen molar-refractivity contribution in [1.82, 2.24) is 0 Å². The number of rotatable bonds is 6. The number of aliphatic carboxylic acids is 1. The summed E-state index contributed by atoms with van der Waals surface area (Å²) in [5, 5.41) is 8.67. The lowest BCUT2D eigenvalue weighted by Gasteiger charge is -2.12. The predicted octanol–water partition coefficient (Wildman–Crippen LogP) is 3.14. The Kier molecular flexibility index (Phi) is 5.67. The number of ether oxygens (including phenoxy) is 2. The molecule has 0 fully saturated rings. The molecule has 0 aliphatic rings. The molecule has 1 aromatic carbocycles. The minimum Gasteiger partial charge on any atom is -0.493 e. The van der Waals surface area contributed by atoms with Crippen molar-refractivity contribution < 1.29 is 19.4 Å². The molecule has 1 N–H and O–H groups in total. The SMILES string of the molecule is COc1cccc(/C=C/C(=O)O)c1OCC=C(C)C. The highest BCUT2D eigenvalue weighted by atomic mass is 16.5. The molecule has 19 heavy (non-hydrogen) atoms. The second kappa shape index (κ2) is 7.26. The maximum absolute atomic E-state index is 10.6. The summed E-state index contributed by atoms with van der Waals surface area (Å²) in [6, 6.07) is 5.34. The van der Waals surface area contributed by atoms with Crippen LogP contribution in [0.25, 0.3) is 6.08 Å². The van der Waals surface area contributed by atoms with Gasteiger partial charge in [-0.15, -0.1) is 0 Å². The molecule has 0 aliphatic heterocycles. The number of carboxylic acid groups (broad SMARTS) is 1. The van der Waals surface area contributed by atoms with Crippen molar-refractivity contribution in [2.24, 2.45) is 0 Å². The molecule has 1 aromatic rings. The van der Waals surface area contributed by atoms with Gasteiger partial charge in [-0.05, 0) is 32.1 Å². The largest absolute Gasteiger partial charge is 0.493 e. The number of carbonyl (C=O) groups is 1. The normalized spacial score (nSPS) is 10.3. The maximum atomic E-state index is 10.6. The molecule has 0 spiro atoms. The van der Waals surface area contributed by atoms with Gasteiger partial charge in [0.15, 0.2) is 11.5 Å². The predicted molar refractivity (Wildman–Crippen MR) is 74.6 cm³/mol. The highest BCUT2D eigenvalue weighted by molar-refractivity contribution is 5.86. The van der Waals surface area contributed by atoms with E-state index in [1.165, 1.54) is 6.08 Å². The lowest BCUT2D eigenvalue weighted by Crippen LogP contribution is -1.99. The molecule has 0 bridgehead atoms. The van der Waals surface area contributed by atoms with Gasteiger partial charge in [0.25, 0.3) is 0 Å². The first-order valence-corrected chi connectivity index (χ1v) is 5.88. The molecule has 0 saturated heterocycles. The van der Waals surface area contributed by atoms with E-state index >= 15 is 0 Å². The zero-order chi connectivity index (χ0) is 14.3. The van der Waals surface area contributed by atoms with Crippen LogP contribution in [0, 0.1) is 0 Å². The number of carboxylic acids is 1. The Morgan fingerprint density at radius 2 is 2.11 bits per heavy atom.